The minimum atomic E-state index is -0.882. The number of aliphatic carboxylic acids is 1. The molecule has 5 aromatic rings. The number of hydrogen-bond acceptors (Lipinski definition) is 5. The van der Waals surface area contributed by atoms with Crippen molar-refractivity contribution in [3.8, 4) is 0 Å². The summed E-state index contributed by atoms with van der Waals surface area (Å²) in [6.45, 7) is 5.83. The van der Waals surface area contributed by atoms with E-state index in [0.717, 1.165) is 70.1 Å². The van der Waals surface area contributed by atoms with Crippen LogP contribution in [-0.2, 0) is 37.8 Å². The van der Waals surface area contributed by atoms with Gasteiger partial charge in [-0.2, -0.15) is 0 Å². The zero-order valence-electron chi connectivity index (χ0n) is 25.4. The smallest absolute Gasteiger partial charge is 0.304 e. The van der Waals surface area contributed by atoms with Crippen LogP contribution in [-0.4, -0.2) is 53.0 Å². The van der Waals surface area contributed by atoms with Gasteiger partial charge in [-0.05, 0) is 90.6 Å². The summed E-state index contributed by atoms with van der Waals surface area (Å²) in [4.78, 5) is 32.9. The van der Waals surface area contributed by atoms with E-state index in [1.807, 2.05) is 41.1 Å². The number of fused-ring (bicyclic) bond motifs is 5. The molecule has 224 valence electrons. The van der Waals surface area contributed by atoms with Gasteiger partial charge in [0, 0.05) is 49.7 Å². The molecule has 3 aliphatic heterocycles. The van der Waals surface area contributed by atoms with Crippen LogP contribution < -0.4 is 0 Å². The van der Waals surface area contributed by atoms with Gasteiger partial charge in [0.15, 0.2) is 5.65 Å². The molecular formula is C35H36N6O3. The molecule has 1 atom stereocenters. The topological polar surface area (TPSA) is 106 Å². The summed E-state index contributed by atoms with van der Waals surface area (Å²) in [5, 5.41) is 19.9. The number of rotatable bonds is 2. The van der Waals surface area contributed by atoms with Crippen molar-refractivity contribution in [3.05, 3.63) is 99.4 Å². The van der Waals surface area contributed by atoms with Crippen molar-refractivity contribution in [2.75, 3.05) is 6.54 Å². The first-order valence-electron chi connectivity index (χ1n) is 15.3. The van der Waals surface area contributed by atoms with Gasteiger partial charge in [-0.1, -0.05) is 41.6 Å². The van der Waals surface area contributed by atoms with Gasteiger partial charge in [0.2, 0.25) is 0 Å². The summed E-state index contributed by atoms with van der Waals surface area (Å²) in [6, 6.07) is 12.7. The molecule has 0 saturated heterocycles. The van der Waals surface area contributed by atoms with E-state index in [1.54, 1.807) is 6.20 Å². The number of allylic oxidation sites excluding steroid dienone is 2. The van der Waals surface area contributed by atoms with Crippen molar-refractivity contribution in [1.29, 1.82) is 0 Å². The van der Waals surface area contributed by atoms with Crippen LogP contribution in [0.4, 0.5) is 0 Å². The van der Waals surface area contributed by atoms with Gasteiger partial charge in [-0.3, -0.25) is 9.59 Å². The van der Waals surface area contributed by atoms with Gasteiger partial charge in [-0.15, -0.1) is 5.10 Å². The number of carbonyl (C=O) groups excluding carboxylic acids is 1. The molecule has 3 aromatic heterocycles. The predicted molar refractivity (Wildman–Crippen MR) is 169 cm³/mol. The van der Waals surface area contributed by atoms with Crippen LogP contribution in [0.2, 0.25) is 0 Å². The van der Waals surface area contributed by atoms with Crippen LogP contribution in [0.3, 0.4) is 0 Å². The van der Waals surface area contributed by atoms with Gasteiger partial charge >= 0.3 is 5.97 Å². The summed E-state index contributed by atoms with van der Waals surface area (Å²) in [5.41, 5.74) is 10.3. The van der Waals surface area contributed by atoms with Gasteiger partial charge in [0.25, 0.3) is 5.91 Å². The number of hydrogen-bond donors (Lipinski definition) is 1. The van der Waals surface area contributed by atoms with Gasteiger partial charge < -0.3 is 14.6 Å². The molecule has 9 nitrogen and oxygen atoms in total. The number of nitrogens with zero attached hydrogens (tertiary/aromatic N) is 6. The van der Waals surface area contributed by atoms with Crippen molar-refractivity contribution in [3.63, 3.8) is 0 Å². The van der Waals surface area contributed by atoms with Crippen LogP contribution in [0.25, 0.3) is 22.1 Å². The van der Waals surface area contributed by atoms with Crippen LogP contribution in [0.1, 0.15) is 74.6 Å². The number of carboxylic acids is 1. The third-order valence-electron chi connectivity index (χ3n) is 9.49. The molecule has 0 aliphatic carbocycles. The molecule has 0 fully saturated rings. The zero-order chi connectivity index (χ0) is 30.5. The highest BCUT2D eigenvalue weighted by Gasteiger charge is 2.29. The van der Waals surface area contributed by atoms with Crippen molar-refractivity contribution in [1.82, 2.24) is 29.4 Å². The molecule has 2 aromatic carbocycles. The second-order valence-electron chi connectivity index (χ2n) is 12.2. The lowest BCUT2D eigenvalue weighted by atomic mass is 9.84. The molecule has 0 spiro atoms. The Bertz CT molecular complexity index is 1980. The summed E-state index contributed by atoms with van der Waals surface area (Å²) in [7, 11) is 1.98. The highest BCUT2D eigenvalue weighted by Crippen LogP contribution is 2.35. The number of carbonyl (C=O) groups is 2. The molecular weight excluding hydrogens is 552 g/mol. The molecule has 1 amide bonds. The summed E-state index contributed by atoms with van der Waals surface area (Å²) in [5.74, 6) is -1.27. The largest absolute Gasteiger partial charge is 0.481 e. The fourth-order valence-electron chi connectivity index (χ4n) is 7.05. The first-order chi connectivity index (χ1) is 21.3. The van der Waals surface area contributed by atoms with Crippen molar-refractivity contribution in [2.24, 2.45) is 7.05 Å². The van der Waals surface area contributed by atoms with Crippen molar-refractivity contribution >= 4 is 33.9 Å². The SMILES string of the molecule is Cc1c2n(C)c3ccc(cc13)C/C=C\CCCn1nnc3c(C)c(cnc31)[C@H](CC(=O)O)c1ccc3c(c1)CN(CC3)C2=O. The Morgan fingerprint density at radius 2 is 1.91 bits per heavy atom. The monoisotopic (exact) mass is 588 g/mol. The number of amides is 1. The summed E-state index contributed by atoms with van der Waals surface area (Å²) in [6.07, 6.45) is 9.50. The fraction of sp³-hybridized carbons (Fsp3) is 0.343. The number of pyridine rings is 1. The van der Waals surface area contributed by atoms with Gasteiger partial charge in [-0.25, -0.2) is 9.67 Å². The first kappa shape index (κ1) is 28.0. The molecule has 10 bridgehead atoms. The Kier molecular flexibility index (Phi) is 7.03. The summed E-state index contributed by atoms with van der Waals surface area (Å²) < 4.78 is 3.87. The zero-order valence-corrected chi connectivity index (χ0v) is 25.4. The van der Waals surface area contributed by atoms with Crippen LogP contribution in [0.15, 0.2) is 54.7 Å². The molecule has 0 unspecified atom stereocenters. The van der Waals surface area contributed by atoms with Crippen LogP contribution in [0, 0.1) is 13.8 Å². The van der Waals surface area contributed by atoms with Gasteiger partial charge in [0.05, 0.1) is 6.42 Å². The minimum Gasteiger partial charge on any atom is -0.481 e. The third-order valence-corrected chi connectivity index (χ3v) is 9.49. The van der Waals surface area contributed by atoms with E-state index in [-0.39, 0.29) is 12.3 Å². The lowest BCUT2D eigenvalue weighted by Gasteiger charge is -2.30. The lowest BCUT2D eigenvalue weighted by molar-refractivity contribution is -0.137. The Morgan fingerprint density at radius 1 is 1.05 bits per heavy atom. The fourth-order valence-corrected chi connectivity index (χ4v) is 7.05. The normalized spacial score (nSPS) is 17.9. The van der Waals surface area contributed by atoms with E-state index < -0.39 is 11.9 Å². The average Bonchev–Trinajstić information content (AvgIpc) is 3.54. The first-order valence-corrected chi connectivity index (χ1v) is 15.3. The number of aromatic nitrogens is 5. The van der Waals surface area contributed by atoms with E-state index in [1.165, 1.54) is 11.1 Å². The summed E-state index contributed by atoms with van der Waals surface area (Å²) >= 11 is 0. The lowest BCUT2D eigenvalue weighted by Crippen LogP contribution is -2.37. The molecule has 44 heavy (non-hydrogen) atoms. The molecule has 3 aliphatic rings. The quantitative estimate of drug-likeness (QED) is 0.268. The molecule has 1 N–H and O–H groups in total. The second-order valence-corrected chi connectivity index (χ2v) is 12.2. The predicted octanol–water partition coefficient (Wildman–Crippen LogP) is 5.63. The van der Waals surface area contributed by atoms with Crippen LogP contribution >= 0.6 is 0 Å². The maximum atomic E-state index is 14.1. The van der Waals surface area contributed by atoms with E-state index in [2.05, 4.69) is 52.8 Å². The number of benzene rings is 2. The maximum Gasteiger partial charge on any atom is 0.304 e. The maximum absolute atomic E-state index is 14.1. The second kappa shape index (κ2) is 11.0. The average molecular weight is 589 g/mol. The molecule has 8 rings (SSSR count). The highest BCUT2D eigenvalue weighted by atomic mass is 16.4. The van der Waals surface area contributed by atoms with Crippen LogP contribution in [0.5, 0.6) is 0 Å². The molecule has 0 radical (unpaired) electrons. The third kappa shape index (κ3) is 4.76. The molecule has 9 heteroatoms. The Balaban J connectivity index is 1.34. The highest BCUT2D eigenvalue weighted by molar-refractivity contribution is 6.01. The van der Waals surface area contributed by atoms with E-state index in [9.17, 15) is 14.7 Å². The number of aryl methyl sites for hydroxylation is 4. The standard InChI is InChI=1S/C35H36N6O3/c1-21-29-19-36-34-32(21)37-38-41(34)14-7-5-4-6-8-23-9-12-30-27(16-23)22(2)33(39(30)3)35(44)40-15-13-24-10-11-25(17-26(24)20-40)28(29)18-31(42)43/h4,6,9-12,16-17,19,28H,5,7-8,13-15,18,20H2,1-3H3,(H,42,43)/b6-4-/t28-/m1/s1. The van der Waals surface area contributed by atoms with Crippen molar-refractivity contribution in [2.45, 2.75) is 65.0 Å². The Morgan fingerprint density at radius 3 is 2.75 bits per heavy atom. The molecule has 0 saturated carbocycles. The number of carboxylic acid groups (broad SMARTS) is 1. The Labute approximate surface area is 255 Å². The van der Waals surface area contributed by atoms with Gasteiger partial charge in [0.1, 0.15) is 11.2 Å². The van der Waals surface area contributed by atoms with E-state index in [0.29, 0.717) is 30.8 Å². The molecule has 6 heterocycles. The van der Waals surface area contributed by atoms with E-state index >= 15 is 0 Å². The minimum absolute atomic E-state index is 0.0211. The van der Waals surface area contributed by atoms with Crippen molar-refractivity contribution < 1.29 is 14.7 Å². The Hall–Kier alpha value is -4.79. The van der Waals surface area contributed by atoms with E-state index in [4.69, 9.17) is 4.98 Å².